The number of nitro groups is 1. The Morgan fingerprint density at radius 1 is 1.32 bits per heavy atom. The van der Waals surface area contributed by atoms with Gasteiger partial charge in [-0.3, -0.25) is 14.9 Å². The first kappa shape index (κ1) is 18.5. The molecule has 0 amide bonds. The highest BCUT2D eigenvalue weighted by atomic mass is 16.6. The molecule has 2 aromatic rings. The lowest BCUT2D eigenvalue weighted by atomic mass is 10.1. The maximum Gasteiger partial charge on any atom is 0.297 e. The first-order valence-electron chi connectivity index (χ1n) is 7.96. The summed E-state index contributed by atoms with van der Waals surface area (Å²) in [4.78, 5) is 23.2. The average Bonchev–Trinajstić information content (AvgIpc) is 2.53. The molecule has 0 aliphatic rings. The number of pyridine rings is 1. The number of fused-ring (bicyclic) bond motifs is 1. The second kappa shape index (κ2) is 7.38. The molecule has 1 aromatic carbocycles. The van der Waals surface area contributed by atoms with Crippen LogP contribution in [0.4, 0.5) is 5.69 Å². The fourth-order valence-corrected chi connectivity index (χ4v) is 2.36. The average molecular weight is 346 g/mol. The number of rotatable bonds is 6. The Labute approximate surface area is 145 Å². The Morgan fingerprint density at radius 2 is 2.00 bits per heavy atom. The van der Waals surface area contributed by atoms with Crippen LogP contribution in [0.1, 0.15) is 27.7 Å². The number of ether oxygens (including phenoxy) is 2. The molecule has 0 aliphatic heterocycles. The van der Waals surface area contributed by atoms with Crippen LogP contribution in [0.2, 0.25) is 0 Å². The summed E-state index contributed by atoms with van der Waals surface area (Å²) in [6, 6.07) is 4.33. The molecule has 134 valence electrons. The minimum Gasteiger partial charge on any atom is -0.485 e. The largest absolute Gasteiger partial charge is 0.485 e. The van der Waals surface area contributed by atoms with Crippen molar-refractivity contribution in [3.8, 4) is 11.5 Å². The number of aryl methyl sites for hydroxylation is 1. The molecule has 0 unspecified atom stereocenters. The Morgan fingerprint density at radius 3 is 2.56 bits per heavy atom. The van der Waals surface area contributed by atoms with Crippen LogP contribution in [0, 0.1) is 10.1 Å². The Bertz CT molecular complexity index is 892. The van der Waals surface area contributed by atoms with Crippen LogP contribution < -0.4 is 15.0 Å². The lowest BCUT2D eigenvalue weighted by Crippen LogP contribution is -2.23. The summed E-state index contributed by atoms with van der Waals surface area (Å²) in [6.45, 7) is 7.80. The normalized spacial score (nSPS) is 10.8. The molecule has 0 spiro atoms. The third kappa shape index (κ3) is 3.99. The van der Waals surface area contributed by atoms with E-state index in [2.05, 4.69) is 0 Å². The molecule has 1 heterocycles. The highest BCUT2D eigenvalue weighted by molar-refractivity contribution is 5.89. The van der Waals surface area contributed by atoms with E-state index in [-0.39, 0.29) is 24.1 Å². The van der Waals surface area contributed by atoms with Crippen molar-refractivity contribution in [1.82, 2.24) is 4.57 Å². The minimum absolute atomic E-state index is 0.0877. The lowest BCUT2D eigenvalue weighted by Gasteiger charge is -2.18. The Hall–Kier alpha value is -2.83. The second-order valence-electron chi connectivity index (χ2n) is 6.24. The fraction of sp³-hybridized carbons (Fsp3) is 0.389. The molecule has 0 N–H and O–H groups in total. The topological polar surface area (TPSA) is 83.6 Å². The number of nitrogens with zero attached hydrogens (tertiary/aromatic N) is 2. The van der Waals surface area contributed by atoms with Crippen LogP contribution in [0.25, 0.3) is 10.9 Å². The van der Waals surface area contributed by atoms with E-state index in [1.54, 1.807) is 13.1 Å². The van der Waals surface area contributed by atoms with Crippen molar-refractivity contribution in [2.45, 2.75) is 33.8 Å². The quantitative estimate of drug-likeness (QED) is 0.453. The van der Waals surface area contributed by atoms with Crippen molar-refractivity contribution in [3.63, 3.8) is 0 Å². The highest BCUT2D eigenvalue weighted by Crippen LogP contribution is 2.34. The molecule has 0 aliphatic carbocycles. The van der Waals surface area contributed by atoms with Crippen LogP contribution in [-0.2, 0) is 7.05 Å². The number of aromatic nitrogens is 1. The molecule has 0 saturated heterocycles. The zero-order valence-corrected chi connectivity index (χ0v) is 15.0. The van der Waals surface area contributed by atoms with E-state index in [4.69, 9.17) is 9.47 Å². The van der Waals surface area contributed by atoms with Crippen molar-refractivity contribution in [2.24, 2.45) is 7.05 Å². The summed E-state index contributed by atoms with van der Waals surface area (Å²) < 4.78 is 12.8. The third-order valence-corrected chi connectivity index (χ3v) is 3.58. The molecular formula is C18H22N2O5. The van der Waals surface area contributed by atoms with Crippen LogP contribution in [0.5, 0.6) is 11.5 Å². The van der Waals surface area contributed by atoms with Crippen molar-refractivity contribution >= 4 is 16.6 Å². The lowest BCUT2D eigenvalue weighted by molar-refractivity contribution is -0.384. The van der Waals surface area contributed by atoms with Crippen molar-refractivity contribution in [3.05, 3.63) is 50.3 Å². The summed E-state index contributed by atoms with van der Waals surface area (Å²) in [5.41, 5.74) is 1.02. The molecule has 7 heteroatoms. The van der Waals surface area contributed by atoms with Crippen LogP contribution in [0.15, 0.2) is 34.6 Å². The van der Waals surface area contributed by atoms with Gasteiger partial charge in [0.15, 0.2) is 5.75 Å². The van der Waals surface area contributed by atoms with E-state index in [0.717, 1.165) is 5.57 Å². The molecule has 0 saturated carbocycles. The standard InChI is InChI=1S/C18H22N2O5/c1-11(2)8-9-24-16-14-7-6-13(20(22)23)10-15(14)19(5)18(21)17(16)25-12(3)4/h6-8,10,12H,9H2,1-5H3. The number of benzene rings is 1. The maximum absolute atomic E-state index is 12.7. The van der Waals surface area contributed by atoms with Crippen molar-refractivity contribution in [1.29, 1.82) is 0 Å². The Kier molecular flexibility index (Phi) is 5.46. The third-order valence-electron chi connectivity index (χ3n) is 3.58. The Balaban J connectivity index is 2.73. The van der Waals surface area contributed by atoms with Crippen molar-refractivity contribution in [2.75, 3.05) is 6.61 Å². The SMILES string of the molecule is CC(C)=CCOc1c(OC(C)C)c(=O)n(C)c2cc([N+](=O)[O-])ccc12. The number of non-ortho nitro benzene ring substituents is 1. The van der Waals surface area contributed by atoms with Crippen LogP contribution >= 0.6 is 0 Å². The maximum atomic E-state index is 12.7. The zero-order chi connectivity index (χ0) is 18.7. The predicted octanol–water partition coefficient (Wildman–Crippen LogP) is 3.58. The van der Waals surface area contributed by atoms with E-state index < -0.39 is 10.5 Å². The van der Waals surface area contributed by atoms with Gasteiger partial charge in [-0.15, -0.1) is 0 Å². The number of nitro benzene ring substituents is 1. The number of hydrogen-bond donors (Lipinski definition) is 0. The van der Waals surface area contributed by atoms with Gasteiger partial charge in [-0.25, -0.2) is 0 Å². The fourth-order valence-electron chi connectivity index (χ4n) is 2.36. The van der Waals surface area contributed by atoms with Gasteiger partial charge in [-0.05, 0) is 39.8 Å². The van der Waals surface area contributed by atoms with E-state index >= 15 is 0 Å². The van der Waals surface area contributed by atoms with Crippen LogP contribution in [-0.4, -0.2) is 22.2 Å². The van der Waals surface area contributed by atoms with Crippen LogP contribution in [0.3, 0.4) is 0 Å². The summed E-state index contributed by atoms with van der Waals surface area (Å²) in [5.74, 6) is 0.417. The van der Waals surface area contributed by atoms with E-state index in [0.29, 0.717) is 16.7 Å². The molecule has 7 nitrogen and oxygen atoms in total. The summed E-state index contributed by atoms with van der Waals surface area (Å²) >= 11 is 0. The highest BCUT2D eigenvalue weighted by Gasteiger charge is 2.21. The minimum atomic E-state index is -0.494. The summed E-state index contributed by atoms with van der Waals surface area (Å²) in [7, 11) is 1.56. The van der Waals surface area contributed by atoms with E-state index in [9.17, 15) is 14.9 Å². The molecule has 0 bridgehead atoms. The molecule has 25 heavy (non-hydrogen) atoms. The van der Waals surface area contributed by atoms with Gasteiger partial charge in [-0.1, -0.05) is 5.57 Å². The predicted molar refractivity (Wildman–Crippen MR) is 96.5 cm³/mol. The van der Waals surface area contributed by atoms with Gasteiger partial charge in [0.2, 0.25) is 5.75 Å². The first-order chi connectivity index (χ1) is 11.7. The first-order valence-corrected chi connectivity index (χ1v) is 7.96. The zero-order valence-electron chi connectivity index (χ0n) is 15.0. The molecule has 2 rings (SSSR count). The van der Waals surface area contributed by atoms with Gasteiger partial charge in [0.25, 0.3) is 11.2 Å². The van der Waals surface area contributed by atoms with Gasteiger partial charge < -0.3 is 14.0 Å². The van der Waals surface area contributed by atoms with Gasteiger partial charge >= 0.3 is 0 Å². The molecule has 0 radical (unpaired) electrons. The summed E-state index contributed by atoms with van der Waals surface area (Å²) in [5, 5.41) is 11.6. The number of allylic oxidation sites excluding steroid dienone is 1. The summed E-state index contributed by atoms with van der Waals surface area (Å²) in [6.07, 6.45) is 1.67. The van der Waals surface area contributed by atoms with Crippen molar-refractivity contribution < 1.29 is 14.4 Å². The monoisotopic (exact) mass is 346 g/mol. The molecular weight excluding hydrogens is 324 g/mol. The van der Waals surface area contributed by atoms with Gasteiger partial charge in [0, 0.05) is 24.6 Å². The second-order valence-corrected chi connectivity index (χ2v) is 6.24. The molecule has 0 atom stereocenters. The molecule has 1 aromatic heterocycles. The van der Waals surface area contributed by atoms with E-state index in [1.807, 2.05) is 33.8 Å². The number of hydrogen-bond acceptors (Lipinski definition) is 5. The van der Waals surface area contributed by atoms with E-state index in [1.165, 1.54) is 16.7 Å². The van der Waals surface area contributed by atoms with Gasteiger partial charge in [0.05, 0.1) is 16.5 Å². The molecule has 0 fully saturated rings. The smallest absolute Gasteiger partial charge is 0.297 e. The van der Waals surface area contributed by atoms with Gasteiger partial charge in [-0.2, -0.15) is 0 Å². The van der Waals surface area contributed by atoms with Gasteiger partial charge in [0.1, 0.15) is 6.61 Å².